The van der Waals surface area contributed by atoms with E-state index in [1.54, 1.807) is 0 Å². The summed E-state index contributed by atoms with van der Waals surface area (Å²) in [6.07, 6.45) is -7.83. The van der Waals surface area contributed by atoms with Gasteiger partial charge in [0, 0.05) is 70.0 Å². The minimum atomic E-state index is -1.42. The summed E-state index contributed by atoms with van der Waals surface area (Å²) in [6, 6.07) is 0. The molecule has 0 spiro atoms. The van der Waals surface area contributed by atoms with Gasteiger partial charge < -0.3 is 53.7 Å². The Morgan fingerprint density at radius 3 is 1.39 bits per heavy atom. The summed E-state index contributed by atoms with van der Waals surface area (Å²) in [7, 11) is 10.9. The number of nitrogens with one attached hydrogen (secondary N) is 1. The summed E-state index contributed by atoms with van der Waals surface area (Å²) in [5.74, 6) is -1.89. The molecule has 1 aromatic carbocycles. The number of esters is 1. The molecule has 13 nitrogen and oxygen atoms in total. The summed E-state index contributed by atoms with van der Waals surface area (Å²) in [6.45, 7) is -0.0238. The SMILES string of the molecule is CO[C@H]([C@H](OC)[C@@H](OC)C(=O)NC[C@@H](OC)[C@H](OC)[C@H](OC)[C@@H](OC)C(=O)Oc1c(Cl)c(Cl)c(Cl)c(Cl)c1Cl)[C@@H](CN)OC. The van der Waals surface area contributed by atoms with Gasteiger partial charge in [-0.3, -0.25) is 4.79 Å². The van der Waals surface area contributed by atoms with E-state index >= 15 is 0 Å². The highest BCUT2D eigenvalue weighted by molar-refractivity contribution is 6.55. The van der Waals surface area contributed by atoms with Crippen molar-refractivity contribution in [2.75, 3.05) is 70.0 Å². The van der Waals surface area contributed by atoms with E-state index in [2.05, 4.69) is 5.32 Å². The number of amides is 1. The normalized spacial score (nSPS) is 17.2. The summed E-state index contributed by atoms with van der Waals surface area (Å²) >= 11 is 30.6. The maximum Gasteiger partial charge on any atom is 0.343 e. The van der Waals surface area contributed by atoms with Crippen LogP contribution in [-0.2, 0) is 47.5 Å². The maximum atomic E-state index is 13.3. The van der Waals surface area contributed by atoms with Gasteiger partial charge in [-0.1, -0.05) is 58.0 Å². The van der Waals surface area contributed by atoms with Crippen LogP contribution in [-0.4, -0.2) is 131 Å². The Morgan fingerprint density at radius 1 is 0.591 bits per heavy atom. The van der Waals surface area contributed by atoms with E-state index in [-0.39, 0.29) is 44.0 Å². The highest BCUT2D eigenvalue weighted by Crippen LogP contribution is 2.48. The minimum Gasteiger partial charge on any atom is -0.421 e. The van der Waals surface area contributed by atoms with Crippen molar-refractivity contribution < 1.29 is 52.2 Å². The molecule has 254 valence electrons. The lowest BCUT2D eigenvalue weighted by Crippen LogP contribution is -2.57. The van der Waals surface area contributed by atoms with E-state index in [9.17, 15) is 9.59 Å². The standard InChI is InChI=1S/C26H39Cl5N2O11/c1-36-11(9-32)18(38-3)21(40-5)23(42-7)25(34)33-10-12(37-2)19(39-4)22(41-6)24(43-8)26(35)44-20-16(30)14(28)13(27)15(29)17(20)31/h11-12,18-19,21-24H,9-10,32H2,1-8H3,(H,33,34)/t11-,12-,18+,19+,21+,22+,23-,24-/m1/s1. The lowest BCUT2D eigenvalue weighted by Gasteiger charge is -2.35. The Hall–Kier alpha value is -0.750. The molecule has 0 saturated carbocycles. The average molecular weight is 733 g/mol. The molecule has 0 radical (unpaired) electrons. The lowest BCUT2D eigenvalue weighted by atomic mass is 10.00. The lowest BCUT2D eigenvalue weighted by molar-refractivity contribution is -0.175. The van der Waals surface area contributed by atoms with Crippen LogP contribution in [0.1, 0.15) is 0 Å². The number of hydrogen-bond acceptors (Lipinski definition) is 12. The van der Waals surface area contributed by atoms with E-state index < -0.39 is 60.7 Å². The number of nitrogens with two attached hydrogens (primary N) is 1. The van der Waals surface area contributed by atoms with E-state index in [4.69, 9.17) is 106 Å². The second-order valence-corrected chi connectivity index (χ2v) is 10.9. The molecule has 1 amide bonds. The van der Waals surface area contributed by atoms with Crippen LogP contribution in [0.2, 0.25) is 25.1 Å². The fourth-order valence-corrected chi connectivity index (χ4v) is 5.64. The molecule has 0 aromatic heterocycles. The number of benzene rings is 1. The first kappa shape index (κ1) is 41.3. The maximum absolute atomic E-state index is 13.3. The molecule has 0 fully saturated rings. The Balaban J connectivity index is 3.22. The molecule has 0 aliphatic carbocycles. The summed E-state index contributed by atoms with van der Waals surface area (Å²) < 4.78 is 49.6. The van der Waals surface area contributed by atoms with E-state index in [0.717, 1.165) is 0 Å². The number of carbonyl (C=O) groups is 2. The predicted octanol–water partition coefficient (Wildman–Crippen LogP) is 3.05. The van der Waals surface area contributed by atoms with Gasteiger partial charge in [0.15, 0.2) is 18.0 Å². The molecular formula is C26H39Cl5N2O11. The van der Waals surface area contributed by atoms with Crippen LogP contribution in [0.25, 0.3) is 0 Å². The van der Waals surface area contributed by atoms with Gasteiger partial charge in [-0.05, 0) is 0 Å². The van der Waals surface area contributed by atoms with Crippen LogP contribution in [0.4, 0.5) is 0 Å². The van der Waals surface area contributed by atoms with Crippen LogP contribution in [0, 0.1) is 0 Å². The summed E-state index contributed by atoms with van der Waals surface area (Å²) in [5.41, 5.74) is 5.79. The van der Waals surface area contributed by atoms with Gasteiger partial charge in [-0.15, -0.1) is 0 Å². The quantitative estimate of drug-likeness (QED) is 0.0877. The van der Waals surface area contributed by atoms with E-state index in [1.165, 1.54) is 56.9 Å². The van der Waals surface area contributed by atoms with Gasteiger partial charge in [0.2, 0.25) is 0 Å². The molecular weight excluding hydrogens is 694 g/mol. The van der Waals surface area contributed by atoms with Gasteiger partial charge in [0.1, 0.15) is 40.6 Å². The Morgan fingerprint density at radius 2 is 1.00 bits per heavy atom. The van der Waals surface area contributed by atoms with Crippen molar-refractivity contribution in [3.63, 3.8) is 0 Å². The monoisotopic (exact) mass is 730 g/mol. The molecule has 8 atom stereocenters. The van der Waals surface area contributed by atoms with Crippen molar-refractivity contribution in [2.45, 2.75) is 48.8 Å². The third kappa shape index (κ3) is 9.88. The van der Waals surface area contributed by atoms with Gasteiger partial charge in [-0.2, -0.15) is 0 Å². The van der Waals surface area contributed by atoms with Crippen LogP contribution in [0.5, 0.6) is 5.75 Å². The zero-order valence-electron chi connectivity index (χ0n) is 25.5. The number of methoxy groups -OCH3 is 8. The molecule has 3 N–H and O–H groups in total. The molecule has 1 aromatic rings. The zero-order valence-corrected chi connectivity index (χ0v) is 29.3. The fraction of sp³-hybridized carbons (Fsp3) is 0.692. The van der Waals surface area contributed by atoms with Crippen LogP contribution >= 0.6 is 58.0 Å². The molecule has 0 aliphatic rings. The third-order valence-corrected chi connectivity index (χ3v) is 8.99. The molecule has 0 saturated heterocycles. The zero-order chi connectivity index (χ0) is 33.7. The van der Waals surface area contributed by atoms with Crippen molar-refractivity contribution in [1.29, 1.82) is 0 Å². The first-order valence-corrected chi connectivity index (χ1v) is 14.7. The molecule has 0 bridgehead atoms. The molecule has 1 rings (SSSR count). The van der Waals surface area contributed by atoms with Crippen molar-refractivity contribution in [3.05, 3.63) is 25.1 Å². The van der Waals surface area contributed by atoms with Crippen molar-refractivity contribution >= 4 is 69.9 Å². The van der Waals surface area contributed by atoms with E-state index in [0.29, 0.717) is 0 Å². The summed E-state index contributed by atoms with van der Waals surface area (Å²) in [4.78, 5) is 26.6. The number of rotatable bonds is 20. The molecule has 0 unspecified atom stereocenters. The van der Waals surface area contributed by atoms with Crippen molar-refractivity contribution in [1.82, 2.24) is 5.32 Å². The highest BCUT2D eigenvalue weighted by Gasteiger charge is 2.43. The minimum absolute atomic E-state index is 0.103. The first-order chi connectivity index (χ1) is 20.9. The van der Waals surface area contributed by atoms with Crippen molar-refractivity contribution in [3.8, 4) is 5.75 Å². The number of halogens is 5. The second kappa shape index (κ2) is 20.5. The topological polar surface area (TPSA) is 155 Å². The first-order valence-electron chi connectivity index (χ1n) is 12.8. The van der Waals surface area contributed by atoms with Gasteiger partial charge in [0.05, 0.1) is 21.2 Å². The number of ether oxygens (including phenoxy) is 9. The van der Waals surface area contributed by atoms with Gasteiger partial charge in [0.25, 0.3) is 5.91 Å². The highest BCUT2D eigenvalue weighted by atomic mass is 35.5. The predicted molar refractivity (Wildman–Crippen MR) is 166 cm³/mol. The summed E-state index contributed by atoms with van der Waals surface area (Å²) in [5, 5.41) is 1.79. The molecule has 0 aliphatic heterocycles. The Kier molecular flexibility index (Phi) is 19.2. The van der Waals surface area contributed by atoms with E-state index in [1.807, 2.05) is 0 Å². The van der Waals surface area contributed by atoms with Crippen LogP contribution in [0.3, 0.4) is 0 Å². The molecule has 44 heavy (non-hydrogen) atoms. The van der Waals surface area contributed by atoms with Crippen molar-refractivity contribution in [2.24, 2.45) is 5.73 Å². The molecule has 0 heterocycles. The van der Waals surface area contributed by atoms with Gasteiger partial charge >= 0.3 is 5.97 Å². The number of carbonyl (C=O) groups excluding carboxylic acids is 2. The van der Waals surface area contributed by atoms with Crippen LogP contribution < -0.4 is 15.8 Å². The largest absolute Gasteiger partial charge is 0.421 e. The molecule has 18 heteroatoms. The fourth-order valence-electron chi connectivity index (χ4n) is 4.44. The number of hydrogen-bond donors (Lipinski definition) is 2. The van der Waals surface area contributed by atoms with Crippen LogP contribution in [0.15, 0.2) is 0 Å². The Bertz CT molecular complexity index is 1040. The Labute approximate surface area is 281 Å². The third-order valence-electron chi connectivity index (χ3n) is 6.75. The average Bonchev–Trinajstić information content (AvgIpc) is 3.03. The van der Waals surface area contributed by atoms with Gasteiger partial charge in [-0.25, -0.2) is 4.79 Å². The smallest absolute Gasteiger partial charge is 0.343 e. The second-order valence-electron chi connectivity index (χ2n) is 8.96.